The topological polar surface area (TPSA) is 36.1 Å². The van der Waals surface area contributed by atoms with E-state index < -0.39 is 0 Å². The minimum absolute atomic E-state index is 0.239. The highest BCUT2D eigenvalue weighted by atomic mass is 16.2. The number of para-hydroxylation sites is 1. The van der Waals surface area contributed by atoms with E-state index >= 15 is 0 Å². The van der Waals surface area contributed by atoms with Gasteiger partial charge in [-0.1, -0.05) is 18.2 Å². The van der Waals surface area contributed by atoms with Crippen molar-refractivity contribution in [1.82, 2.24) is 9.88 Å². The summed E-state index contributed by atoms with van der Waals surface area (Å²) in [5.41, 5.74) is 2.38. The highest BCUT2D eigenvalue weighted by Gasteiger charge is 2.30. The molecule has 1 aromatic carbocycles. The summed E-state index contributed by atoms with van der Waals surface area (Å²) in [5.74, 6) is 0.246. The second-order valence-electron chi connectivity index (χ2n) is 4.35. The Labute approximate surface area is 94.1 Å². The van der Waals surface area contributed by atoms with E-state index in [2.05, 4.69) is 17.1 Å². The lowest BCUT2D eigenvalue weighted by Crippen LogP contribution is -2.22. The molecule has 1 atom stereocenters. The van der Waals surface area contributed by atoms with E-state index in [9.17, 15) is 4.79 Å². The van der Waals surface area contributed by atoms with Crippen LogP contribution in [0.2, 0.25) is 0 Å². The van der Waals surface area contributed by atoms with Crippen molar-refractivity contribution in [1.29, 1.82) is 0 Å². The number of amides is 1. The van der Waals surface area contributed by atoms with Crippen molar-refractivity contribution in [3.8, 4) is 0 Å². The zero-order chi connectivity index (χ0) is 11.1. The standard InChI is InChI=1S/C13H14N2O/c1-15-12(6-7-13(15)16)10-8-14-11-5-3-2-4-9(10)11/h2-5,8,12,14H,6-7H2,1H3. The van der Waals surface area contributed by atoms with Crippen molar-refractivity contribution < 1.29 is 4.79 Å². The first kappa shape index (κ1) is 9.46. The number of carbonyl (C=O) groups excluding carboxylic acids is 1. The number of rotatable bonds is 1. The van der Waals surface area contributed by atoms with Gasteiger partial charge >= 0.3 is 0 Å². The third kappa shape index (κ3) is 1.24. The van der Waals surface area contributed by atoms with Gasteiger partial charge in [0.15, 0.2) is 0 Å². The van der Waals surface area contributed by atoms with E-state index in [4.69, 9.17) is 0 Å². The molecule has 1 saturated heterocycles. The van der Waals surface area contributed by atoms with Crippen LogP contribution in [0.1, 0.15) is 24.4 Å². The van der Waals surface area contributed by atoms with Gasteiger partial charge in [0.05, 0.1) is 6.04 Å². The van der Waals surface area contributed by atoms with Gasteiger partial charge < -0.3 is 9.88 Å². The largest absolute Gasteiger partial charge is 0.361 e. The first-order valence-corrected chi connectivity index (χ1v) is 5.59. The first-order chi connectivity index (χ1) is 7.77. The van der Waals surface area contributed by atoms with Crippen LogP contribution in [0.15, 0.2) is 30.5 Å². The quantitative estimate of drug-likeness (QED) is 0.777. The van der Waals surface area contributed by atoms with E-state index in [0.29, 0.717) is 6.42 Å². The molecular weight excluding hydrogens is 200 g/mol. The van der Waals surface area contributed by atoms with Gasteiger partial charge in [-0.3, -0.25) is 4.79 Å². The van der Waals surface area contributed by atoms with Crippen LogP contribution in [0.25, 0.3) is 10.9 Å². The molecule has 82 valence electrons. The first-order valence-electron chi connectivity index (χ1n) is 5.59. The normalized spacial score (nSPS) is 20.9. The SMILES string of the molecule is CN1C(=O)CCC1c1c[nH]c2ccccc12. The number of H-pyrrole nitrogens is 1. The molecule has 1 aliphatic heterocycles. The molecule has 0 spiro atoms. The maximum Gasteiger partial charge on any atom is 0.222 e. The number of aromatic nitrogens is 1. The second-order valence-corrected chi connectivity index (χ2v) is 4.35. The minimum atomic E-state index is 0.239. The van der Waals surface area contributed by atoms with Crippen molar-refractivity contribution in [2.45, 2.75) is 18.9 Å². The lowest BCUT2D eigenvalue weighted by atomic mass is 10.0. The van der Waals surface area contributed by atoms with Crippen molar-refractivity contribution in [2.24, 2.45) is 0 Å². The molecule has 0 bridgehead atoms. The molecule has 2 heterocycles. The van der Waals surface area contributed by atoms with Crippen LogP contribution in [0.5, 0.6) is 0 Å². The predicted octanol–water partition coefficient (Wildman–Crippen LogP) is 2.46. The molecule has 1 N–H and O–H groups in total. The molecule has 16 heavy (non-hydrogen) atoms. The van der Waals surface area contributed by atoms with Gasteiger partial charge in [0.25, 0.3) is 0 Å². The molecule has 1 amide bonds. The minimum Gasteiger partial charge on any atom is -0.361 e. The Balaban J connectivity index is 2.09. The highest BCUT2D eigenvalue weighted by molar-refractivity contribution is 5.86. The van der Waals surface area contributed by atoms with Gasteiger partial charge in [0.2, 0.25) is 5.91 Å². The number of hydrogen-bond acceptors (Lipinski definition) is 1. The van der Waals surface area contributed by atoms with Gasteiger partial charge in [-0.25, -0.2) is 0 Å². The van der Waals surface area contributed by atoms with Crippen LogP contribution >= 0.6 is 0 Å². The number of hydrogen-bond donors (Lipinski definition) is 1. The van der Waals surface area contributed by atoms with Gasteiger partial charge in [0, 0.05) is 30.6 Å². The fourth-order valence-corrected chi connectivity index (χ4v) is 2.54. The molecular formula is C13H14N2O. The fraction of sp³-hybridized carbons (Fsp3) is 0.308. The number of benzene rings is 1. The zero-order valence-electron chi connectivity index (χ0n) is 9.23. The Bertz CT molecular complexity index is 544. The van der Waals surface area contributed by atoms with Crippen LogP contribution in [-0.2, 0) is 4.79 Å². The van der Waals surface area contributed by atoms with Crippen LogP contribution in [0, 0.1) is 0 Å². The van der Waals surface area contributed by atoms with E-state index in [1.165, 1.54) is 10.9 Å². The summed E-state index contributed by atoms with van der Waals surface area (Å²) in [6, 6.07) is 8.47. The summed E-state index contributed by atoms with van der Waals surface area (Å²) in [6.45, 7) is 0. The number of carbonyl (C=O) groups is 1. The number of likely N-dealkylation sites (tertiary alicyclic amines) is 1. The summed E-state index contributed by atoms with van der Waals surface area (Å²) in [7, 11) is 1.89. The second kappa shape index (κ2) is 3.37. The Morgan fingerprint density at radius 3 is 2.94 bits per heavy atom. The molecule has 1 unspecified atom stereocenters. The average molecular weight is 214 g/mol. The molecule has 3 heteroatoms. The van der Waals surface area contributed by atoms with E-state index in [1.54, 1.807) is 0 Å². The molecule has 1 aromatic heterocycles. The molecule has 3 rings (SSSR count). The third-order valence-electron chi connectivity index (χ3n) is 3.47. The zero-order valence-corrected chi connectivity index (χ0v) is 9.23. The lowest BCUT2D eigenvalue weighted by molar-refractivity contribution is -0.127. The average Bonchev–Trinajstić information content (AvgIpc) is 2.85. The van der Waals surface area contributed by atoms with Crippen LogP contribution < -0.4 is 0 Å². The smallest absolute Gasteiger partial charge is 0.222 e. The van der Waals surface area contributed by atoms with Crippen molar-refractivity contribution >= 4 is 16.8 Å². The number of nitrogens with zero attached hydrogens (tertiary/aromatic N) is 1. The van der Waals surface area contributed by atoms with Crippen molar-refractivity contribution in [3.63, 3.8) is 0 Å². The van der Waals surface area contributed by atoms with E-state index in [1.807, 2.05) is 30.3 Å². The Hall–Kier alpha value is -1.77. The summed E-state index contributed by atoms with van der Waals surface area (Å²) in [6.07, 6.45) is 3.63. The van der Waals surface area contributed by atoms with Gasteiger partial charge in [-0.2, -0.15) is 0 Å². The highest BCUT2D eigenvalue weighted by Crippen LogP contribution is 2.35. The van der Waals surface area contributed by atoms with Crippen molar-refractivity contribution in [2.75, 3.05) is 7.05 Å². The molecule has 3 nitrogen and oxygen atoms in total. The molecule has 0 radical (unpaired) electrons. The van der Waals surface area contributed by atoms with Gasteiger partial charge in [0.1, 0.15) is 0 Å². The third-order valence-corrected chi connectivity index (χ3v) is 3.47. The summed E-state index contributed by atoms with van der Waals surface area (Å²) in [4.78, 5) is 16.7. The van der Waals surface area contributed by atoms with E-state index in [0.717, 1.165) is 11.9 Å². The number of nitrogens with one attached hydrogen (secondary N) is 1. The molecule has 0 saturated carbocycles. The van der Waals surface area contributed by atoms with Crippen LogP contribution in [-0.4, -0.2) is 22.8 Å². The monoisotopic (exact) mass is 214 g/mol. The van der Waals surface area contributed by atoms with Crippen LogP contribution in [0.3, 0.4) is 0 Å². The molecule has 1 fully saturated rings. The Morgan fingerprint density at radius 1 is 1.38 bits per heavy atom. The summed E-state index contributed by atoms with van der Waals surface area (Å²) < 4.78 is 0. The predicted molar refractivity (Wildman–Crippen MR) is 63.0 cm³/mol. The van der Waals surface area contributed by atoms with Gasteiger partial charge in [-0.05, 0) is 18.1 Å². The number of fused-ring (bicyclic) bond motifs is 1. The maximum absolute atomic E-state index is 11.5. The Kier molecular flexibility index (Phi) is 1.99. The van der Waals surface area contributed by atoms with Crippen molar-refractivity contribution in [3.05, 3.63) is 36.0 Å². The molecule has 2 aromatic rings. The molecule has 0 aliphatic carbocycles. The lowest BCUT2D eigenvalue weighted by Gasteiger charge is -2.19. The maximum atomic E-state index is 11.5. The van der Waals surface area contributed by atoms with Gasteiger partial charge in [-0.15, -0.1) is 0 Å². The van der Waals surface area contributed by atoms with Crippen LogP contribution in [0.4, 0.5) is 0 Å². The molecule has 1 aliphatic rings. The number of aromatic amines is 1. The Morgan fingerprint density at radius 2 is 2.19 bits per heavy atom. The fourth-order valence-electron chi connectivity index (χ4n) is 2.54. The summed E-state index contributed by atoms with van der Waals surface area (Å²) >= 11 is 0. The summed E-state index contributed by atoms with van der Waals surface area (Å²) in [5, 5.41) is 1.23. The van der Waals surface area contributed by atoms with E-state index in [-0.39, 0.29) is 11.9 Å².